The maximum atomic E-state index is 5.81. The normalized spacial score (nSPS) is 10.4. The third kappa shape index (κ3) is 1.94. The van der Waals surface area contributed by atoms with Crippen LogP contribution in [0.25, 0.3) is 0 Å². The second-order valence-electron chi connectivity index (χ2n) is 1.85. The molecule has 0 unspecified atom stereocenters. The van der Waals surface area contributed by atoms with Crippen LogP contribution in [0.1, 0.15) is 0 Å². The molecule has 0 amide bonds. The average Bonchev–Trinajstić information content (AvgIpc) is 2.02. The van der Waals surface area contributed by atoms with Crippen LogP contribution in [-0.4, -0.2) is 11.2 Å². The summed E-state index contributed by atoms with van der Waals surface area (Å²) in [5.74, 6) is 0. The molecule has 0 spiro atoms. The molecule has 0 N–H and O–H groups in total. The van der Waals surface area contributed by atoms with Crippen molar-refractivity contribution < 1.29 is 0 Å². The Hall–Kier alpha value is 0.660. The minimum atomic E-state index is 0.176. The predicted molar refractivity (Wildman–Crippen MR) is 56.1 cm³/mol. The quantitative estimate of drug-likeness (QED) is 0.549. The van der Waals surface area contributed by atoms with Gasteiger partial charge in [0.25, 0.3) is 0 Å². The Kier molecular flexibility index (Phi) is 3.80. The second kappa shape index (κ2) is 4.25. The highest BCUT2D eigenvalue weighted by atomic mass is 35.5. The molecule has 0 saturated heterocycles. The Morgan fingerprint density at radius 3 is 1.75 bits per heavy atom. The molecular weight excluding hydrogens is 260 g/mol. The number of pyridine rings is 1. The minimum absolute atomic E-state index is 0.176. The van der Waals surface area contributed by atoms with Crippen molar-refractivity contribution in [1.82, 2.24) is 4.98 Å². The van der Waals surface area contributed by atoms with E-state index in [9.17, 15) is 0 Å². The second-order valence-corrected chi connectivity index (χ2v) is 4.14. The molecule has 0 atom stereocenters. The van der Waals surface area contributed by atoms with Crippen molar-refractivity contribution >= 4 is 58.2 Å². The van der Waals surface area contributed by atoms with Crippen LogP contribution in [0.15, 0.2) is 4.90 Å². The van der Waals surface area contributed by atoms with E-state index in [-0.39, 0.29) is 10.3 Å². The molecule has 0 aliphatic rings. The van der Waals surface area contributed by atoms with Crippen molar-refractivity contribution in [3.8, 4) is 0 Å². The van der Waals surface area contributed by atoms with E-state index in [1.807, 2.05) is 6.26 Å². The largest absolute Gasteiger partial charge is 0.221 e. The Morgan fingerprint density at radius 2 is 1.42 bits per heavy atom. The first-order chi connectivity index (χ1) is 5.57. The molecular formula is C6H3Cl4NS. The topological polar surface area (TPSA) is 12.9 Å². The minimum Gasteiger partial charge on any atom is -0.221 e. The van der Waals surface area contributed by atoms with Crippen molar-refractivity contribution in [2.75, 3.05) is 6.26 Å². The summed E-state index contributed by atoms with van der Waals surface area (Å²) in [6, 6.07) is 0. The Labute approximate surface area is 94.4 Å². The maximum absolute atomic E-state index is 5.81. The van der Waals surface area contributed by atoms with Crippen LogP contribution in [-0.2, 0) is 0 Å². The Bertz CT molecular complexity index is 289. The standard InChI is InChI=1S/C6H3Cl4NS/c1-12-4-2(7)5(9)11-6(10)3(4)8/h1H3. The smallest absolute Gasteiger partial charge is 0.150 e. The highest BCUT2D eigenvalue weighted by Gasteiger charge is 2.13. The molecule has 0 aromatic carbocycles. The van der Waals surface area contributed by atoms with Crippen LogP contribution >= 0.6 is 58.2 Å². The molecule has 66 valence electrons. The van der Waals surface area contributed by atoms with Crippen LogP contribution < -0.4 is 0 Å². The van der Waals surface area contributed by atoms with Crippen molar-refractivity contribution in [3.63, 3.8) is 0 Å². The molecule has 1 aromatic heterocycles. The Balaban J connectivity index is 3.42. The molecule has 0 saturated carbocycles. The highest BCUT2D eigenvalue weighted by molar-refractivity contribution is 7.98. The lowest BCUT2D eigenvalue weighted by molar-refractivity contribution is 1.26. The predicted octanol–water partition coefficient (Wildman–Crippen LogP) is 4.42. The van der Waals surface area contributed by atoms with Gasteiger partial charge in [-0.05, 0) is 6.26 Å². The monoisotopic (exact) mass is 261 g/mol. The molecule has 1 heterocycles. The van der Waals surface area contributed by atoms with E-state index in [0.29, 0.717) is 14.9 Å². The number of aromatic nitrogens is 1. The molecule has 0 aliphatic carbocycles. The number of thioether (sulfide) groups is 1. The number of halogens is 4. The van der Waals surface area contributed by atoms with Gasteiger partial charge < -0.3 is 0 Å². The van der Waals surface area contributed by atoms with E-state index >= 15 is 0 Å². The molecule has 0 bridgehead atoms. The van der Waals surface area contributed by atoms with Gasteiger partial charge in [-0.25, -0.2) is 4.98 Å². The van der Waals surface area contributed by atoms with Gasteiger partial charge in [0.2, 0.25) is 0 Å². The molecule has 1 nitrogen and oxygen atoms in total. The van der Waals surface area contributed by atoms with Gasteiger partial charge in [-0.15, -0.1) is 11.8 Å². The average molecular weight is 263 g/mol. The van der Waals surface area contributed by atoms with E-state index in [0.717, 1.165) is 0 Å². The molecule has 1 rings (SSSR count). The lowest BCUT2D eigenvalue weighted by Crippen LogP contribution is -1.85. The van der Waals surface area contributed by atoms with Crippen LogP contribution in [0, 0.1) is 0 Å². The van der Waals surface area contributed by atoms with E-state index in [2.05, 4.69) is 4.98 Å². The zero-order valence-electron chi connectivity index (χ0n) is 5.87. The number of rotatable bonds is 1. The Morgan fingerprint density at radius 1 is 1.00 bits per heavy atom. The summed E-state index contributed by atoms with van der Waals surface area (Å²) in [5.41, 5.74) is 0. The molecule has 1 aromatic rings. The maximum Gasteiger partial charge on any atom is 0.150 e. The summed E-state index contributed by atoms with van der Waals surface area (Å²) in [4.78, 5) is 4.39. The van der Waals surface area contributed by atoms with E-state index in [4.69, 9.17) is 46.4 Å². The summed E-state index contributed by atoms with van der Waals surface area (Å²) in [7, 11) is 0. The van der Waals surface area contributed by atoms with Crippen LogP contribution in [0.4, 0.5) is 0 Å². The molecule has 6 heteroatoms. The fourth-order valence-electron chi connectivity index (χ4n) is 0.647. The van der Waals surface area contributed by atoms with Crippen LogP contribution in [0.5, 0.6) is 0 Å². The van der Waals surface area contributed by atoms with Crippen LogP contribution in [0.3, 0.4) is 0 Å². The third-order valence-electron chi connectivity index (χ3n) is 1.16. The van der Waals surface area contributed by atoms with Crippen molar-refractivity contribution in [3.05, 3.63) is 20.4 Å². The fraction of sp³-hybridized carbons (Fsp3) is 0.167. The molecule has 0 radical (unpaired) electrons. The van der Waals surface area contributed by atoms with Crippen molar-refractivity contribution in [2.24, 2.45) is 0 Å². The number of hydrogen-bond acceptors (Lipinski definition) is 2. The SMILES string of the molecule is CSc1c(Cl)c(Cl)nc(Cl)c1Cl. The van der Waals surface area contributed by atoms with Gasteiger partial charge in [0, 0.05) is 0 Å². The van der Waals surface area contributed by atoms with Gasteiger partial charge in [-0.3, -0.25) is 0 Å². The lowest BCUT2D eigenvalue weighted by Gasteiger charge is -2.05. The van der Waals surface area contributed by atoms with Gasteiger partial charge >= 0.3 is 0 Å². The summed E-state index contributed by atoms with van der Waals surface area (Å²) in [6.45, 7) is 0. The summed E-state index contributed by atoms with van der Waals surface area (Å²) >= 11 is 24.3. The summed E-state index contributed by atoms with van der Waals surface area (Å²) < 4.78 is 0. The van der Waals surface area contributed by atoms with E-state index in [1.54, 1.807) is 0 Å². The zero-order chi connectivity index (χ0) is 9.30. The first kappa shape index (κ1) is 10.7. The third-order valence-corrected chi connectivity index (χ3v) is 3.68. The highest BCUT2D eigenvalue weighted by Crippen LogP contribution is 2.39. The first-order valence-electron chi connectivity index (χ1n) is 2.82. The number of nitrogens with zero attached hydrogens (tertiary/aromatic N) is 1. The van der Waals surface area contributed by atoms with Gasteiger partial charge in [0.1, 0.15) is 0 Å². The lowest BCUT2D eigenvalue weighted by atomic mass is 10.5. The van der Waals surface area contributed by atoms with Crippen LogP contribution in [0.2, 0.25) is 20.4 Å². The van der Waals surface area contributed by atoms with Crippen molar-refractivity contribution in [2.45, 2.75) is 4.90 Å². The zero-order valence-corrected chi connectivity index (χ0v) is 9.71. The van der Waals surface area contributed by atoms with Crippen molar-refractivity contribution in [1.29, 1.82) is 0 Å². The van der Waals surface area contributed by atoms with Gasteiger partial charge in [-0.2, -0.15) is 0 Å². The van der Waals surface area contributed by atoms with Gasteiger partial charge in [0.15, 0.2) is 10.3 Å². The molecule has 0 fully saturated rings. The van der Waals surface area contributed by atoms with Gasteiger partial charge in [0.05, 0.1) is 14.9 Å². The summed E-state index contributed by atoms with van der Waals surface area (Å²) in [6.07, 6.45) is 1.83. The number of hydrogen-bond donors (Lipinski definition) is 0. The molecule has 0 aliphatic heterocycles. The molecule has 12 heavy (non-hydrogen) atoms. The van der Waals surface area contributed by atoms with E-state index < -0.39 is 0 Å². The first-order valence-corrected chi connectivity index (χ1v) is 5.55. The fourth-order valence-corrected chi connectivity index (χ4v) is 2.50. The van der Waals surface area contributed by atoms with E-state index in [1.165, 1.54) is 11.8 Å². The summed E-state index contributed by atoms with van der Waals surface area (Å²) in [5, 5.41) is 1.04. The van der Waals surface area contributed by atoms with Gasteiger partial charge in [-0.1, -0.05) is 46.4 Å².